The quantitative estimate of drug-likeness (QED) is 0.783. The van der Waals surface area contributed by atoms with E-state index in [-0.39, 0.29) is 23.8 Å². The Balaban J connectivity index is 1.31. The molecule has 0 spiro atoms. The summed E-state index contributed by atoms with van der Waals surface area (Å²) >= 11 is 0. The van der Waals surface area contributed by atoms with Gasteiger partial charge in [0.25, 0.3) is 0 Å². The molecule has 4 rings (SSSR count). The van der Waals surface area contributed by atoms with E-state index in [2.05, 4.69) is 16.2 Å². The fourth-order valence-corrected chi connectivity index (χ4v) is 4.21. The van der Waals surface area contributed by atoms with Crippen LogP contribution in [0, 0.1) is 11.8 Å². The first-order chi connectivity index (χ1) is 11.9. The number of amides is 1. The number of hydrogen-bond acceptors (Lipinski definition) is 3. The van der Waals surface area contributed by atoms with Gasteiger partial charge in [0.05, 0.1) is 5.56 Å². The minimum Gasteiger partial charge on any atom is -0.353 e. The number of nitrogens with one attached hydrogen (secondary N) is 3. The number of hydrogen-bond donors (Lipinski definition) is 3. The van der Waals surface area contributed by atoms with Crippen LogP contribution in [-0.4, -0.2) is 24.5 Å². The first-order valence-corrected chi connectivity index (χ1v) is 8.88. The van der Waals surface area contributed by atoms with E-state index in [4.69, 9.17) is 0 Å². The monoisotopic (exact) mass is 353 g/mol. The molecule has 1 aliphatic heterocycles. The zero-order valence-corrected chi connectivity index (χ0v) is 13.8. The highest BCUT2D eigenvalue weighted by Crippen LogP contribution is 2.48. The Morgan fingerprint density at radius 3 is 2.60 bits per heavy atom. The van der Waals surface area contributed by atoms with Gasteiger partial charge in [-0.3, -0.25) is 15.6 Å². The number of carbonyl (C=O) groups is 1. The molecule has 5 atom stereocenters. The molecule has 3 aliphatic rings. The standard InChI is InChI=1S/C18H22F3N3O/c19-18(20,21)12-3-1-10(2-4-12)14-8-15(14)17(25)23-13-5-6-16-11(7-13)9-22-24-16/h1-4,11,13-16,22,24H,5-9H2,(H,23,25). The maximum Gasteiger partial charge on any atom is 0.416 e. The van der Waals surface area contributed by atoms with Crippen LogP contribution in [0.4, 0.5) is 13.2 Å². The van der Waals surface area contributed by atoms with Gasteiger partial charge in [-0.15, -0.1) is 0 Å². The topological polar surface area (TPSA) is 53.2 Å². The molecule has 1 aromatic rings. The second-order valence-corrected chi connectivity index (χ2v) is 7.48. The van der Waals surface area contributed by atoms with Crippen molar-refractivity contribution in [2.75, 3.05) is 6.54 Å². The van der Waals surface area contributed by atoms with E-state index in [1.54, 1.807) is 0 Å². The molecule has 3 fully saturated rings. The summed E-state index contributed by atoms with van der Waals surface area (Å²) in [6, 6.07) is 5.93. The lowest BCUT2D eigenvalue weighted by Crippen LogP contribution is -2.44. The lowest BCUT2D eigenvalue weighted by molar-refractivity contribution is -0.137. The molecule has 1 heterocycles. The van der Waals surface area contributed by atoms with E-state index in [9.17, 15) is 18.0 Å². The Kier molecular flexibility index (Phi) is 4.24. The third-order valence-electron chi connectivity index (χ3n) is 5.77. The lowest BCUT2D eigenvalue weighted by atomic mass is 9.83. The molecule has 4 nitrogen and oxygen atoms in total. The zero-order valence-electron chi connectivity index (χ0n) is 13.8. The lowest BCUT2D eigenvalue weighted by Gasteiger charge is -2.31. The van der Waals surface area contributed by atoms with Crippen LogP contribution in [0.3, 0.4) is 0 Å². The van der Waals surface area contributed by atoms with Crippen LogP contribution >= 0.6 is 0 Å². The van der Waals surface area contributed by atoms with E-state index in [0.29, 0.717) is 12.0 Å². The van der Waals surface area contributed by atoms with E-state index < -0.39 is 11.7 Å². The predicted molar refractivity (Wildman–Crippen MR) is 86.5 cm³/mol. The molecular weight excluding hydrogens is 331 g/mol. The van der Waals surface area contributed by atoms with Crippen molar-refractivity contribution in [3.05, 3.63) is 35.4 Å². The summed E-state index contributed by atoms with van der Waals surface area (Å²) in [4.78, 5) is 12.5. The van der Waals surface area contributed by atoms with Crippen LogP contribution in [0.15, 0.2) is 24.3 Å². The number of halogens is 3. The van der Waals surface area contributed by atoms with Gasteiger partial charge >= 0.3 is 6.18 Å². The fourth-order valence-electron chi connectivity index (χ4n) is 4.21. The second-order valence-electron chi connectivity index (χ2n) is 7.48. The summed E-state index contributed by atoms with van der Waals surface area (Å²) in [5, 5.41) is 3.15. The first kappa shape index (κ1) is 16.8. The summed E-state index contributed by atoms with van der Waals surface area (Å²) in [5.74, 6) is 0.555. The molecule has 0 radical (unpaired) electrons. The van der Waals surface area contributed by atoms with Gasteiger partial charge in [-0.05, 0) is 55.2 Å². The maximum atomic E-state index is 12.6. The molecule has 3 N–H and O–H groups in total. The average molecular weight is 353 g/mol. The molecule has 1 saturated heterocycles. The van der Waals surface area contributed by atoms with Crippen LogP contribution < -0.4 is 16.2 Å². The normalized spacial score (nSPS) is 34.4. The predicted octanol–water partition coefficient (Wildman–Crippen LogP) is 2.57. The van der Waals surface area contributed by atoms with Gasteiger partial charge in [-0.2, -0.15) is 13.2 Å². The third-order valence-corrected chi connectivity index (χ3v) is 5.77. The summed E-state index contributed by atoms with van der Waals surface area (Å²) in [6.45, 7) is 0.939. The number of benzene rings is 1. The molecule has 7 heteroatoms. The van der Waals surface area contributed by atoms with Crippen LogP contribution in [-0.2, 0) is 11.0 Å². The van der Waals surface area contributed by atoms with Gasteiger partial charge in [-0.1, -0.05) is 12.1 Å². The molecule has 0 aromatic heterocycles. The second kappa shape index (κ2) is 6.29. The average Bonchev–Trinajstić information content (AvgIpc) is 3.25. The van der Waals surface area contributed by atoms with Crippen molar-refractivity contribution in [1.82, 2.24) is 16.2 Å². The number of rotatable bonds is 3. The molecule has 136 valence electrons. The van der Waals surface area contributed by atoms with Crippen molar-refractivity contribution in [3.63, 3.8) is 0 Å². The van der Waals surface area contributed by atoms with Crippen LogP contribution in [0.5, 0.6) is 0 Å². The number of fused-ring (bicyclic) bond motifs is 1. The van der Waals surface area contributed by atoms with Crippen molar-refractivity contribution in [2.45, 2.75) is 49.9 Å². The minimum atomic E-state index is -4.32. The summed E-state index contributed by atoms with van der Waals surface area (Å²) in [5.41, 5.74) is 6.62. The van der Waals surface area contributed by atoms with Crippen LogP contribution in [0.2, 0.25) is 0 Å². The smallest absolute Gasteiger partial charge is 0.353 e. The van der Waals surface area contributed by atoms with Crippen molar-refractivity contribution in [2.24, 2.45) is 11.8 Å². The van der Waals surface area contributed by atoms with E-state index in [1.807, 2.05) is 0 Å². The molecule has 25 heavy (non-hydrogen) atoms. The van der Waals surface area contributed by atoms with Gasteiger partial charge in [-0.25, -0.2) is 0 Å². The first-order valence-electron chi connectivity index (χ1n) is 8.88. The van der Waals surface area contributed by atoms with E-state index in [0.717, 1.165) is 49.9 Å². The summed E-state index contributed by atoms with van der Waals surface area (Å²) in [7, 11) is 0. The van der Waals surface area contributed by atoms with Crippen LogP contribution in [0.1, 0.15) is 42.7 Å². The van der Waals surface area contributed by atoms with Gasteiger partial charge in [0.1, 0.15) is 0 Å². The highest BCUT2D eigenvalue weighted by Gasteiger charge is 2.45. The molecule has 0 bridgehead atoms. The largest absolute Gasteiger partial charge is 0.416 e. The molecule has 5 unspecified atom stereocenters. The Morgan fingerprint density at radius 2 is 1.88 bits per heavy atom. The third kappa shape index (κ3) is 3.53. The molecule has 1 amide bonds. The molecule has 1 aromatic carbocycles. The van der Waals surface area contributed by atoms with Crippen LogP contribution in [0.25, 0.3) is 0 Å². The Bertz CT molecular complexity index is 646. The van der Waals surface area contributed by atoms with Crippen molar-refractivity contribution < 1.29 is 18.0 Å². The Morgan fingerprint density at radius 1 is 1.12 bits per heavy atom. The minimum absolute atomic E-state index is 0.0484. The summed E-state index contributed by atoms with van der Waals surface area (Å²) < 4.78 is 37.9. The van der Waals surface area contributed by atoms with Crippen molar-refractivity contribution in [3.8, 4) is 0 Å². The van der Waals surface area contributed by atoms with E-state index >= 15 is 0 Å². The van der Waals surface area contributed by atoms with Gasteiger partial charge in [0.2, 0.25) is 5.91 Å². The molecule has 2 saturated carbocycles. The van der Waals surface area contributed by atoms with Crippen molar-refractivity contribution >= 4 is 5.91 Å². The highest BCUT2D eigenvalue weighted by molar-refractivity contribution is 5.83. The maximum absolute atomic E-state index is 12.6. The Hall–Kier alpha value is -1.60. The van der Waals surface area contributed by atoms with E-state index in [1.165, 1.54) is 12.1 Å². The van der Waals surface area contributed by atoms with Crippen molar-refractivity contribution in [1.29, 1.82) is 0 Å². The fraction of sp³-hybridized carbons (Fsp3) is 0.611. The highest BCUT2D eigenvalue weighted by atomic mass is 19.4. The van der Waals surface area contributed by atoms with Gasteiger partial charge in [0.15, 0.2) is 0 Å². The number of alkyl halides is 3. The molecular formula is C18H22F3N3O. The van der Waals surface area contributed by atoms with Gasteiger partial charge < -0.3 is 5.32 Å². The SMILES string of the molecule is O=C(NC1CCC2NNCC2C1)C1CC1c1ccc(C(F)(F)F)cc1. The Labute approximate surface area is 144 Å². The molecule has 2 aliphatic carbocycles. The van der Waals surface area contributed by atoms with Gasteiger partial charge in [0, 0.05) is 24.5 Å². The number of hydrazine groups is 1. The zero-order chi connectivity index (χ0) is 17.6. The summed E-state index contributed by atoms with van der Waals surface area (Å²) in [6.07, 6.45) is -0.594. The number of carbonyl (C=O) groups excluding carboxylic acids is 1.